The lowest BCUT2D eigenvalue weighted by molar-refractivity contribution is 0.187. The quantitative estimate of drug-likeness (QED) is 0.641. The standard InChI is InChI=1S/C9H15N3O/c1-7-2-4-10-9(11-7)12-8-3-5-13-6-8/h2,4,8-9,11-12H,3,5-6H2,1H3/t8-,9?/m1/s1. The first-order valence-electron chi connectivity index (χ1n) is 4.65. The van der Waals surface area contributed by atoms with E-state index in [1.165, 1.54) is 0 Å². The zero-order valence-electron chi connectivity index (χ0n) is 7.79. The summed E-state index contributed by atoms with van der Waals surface area (Å²) in [7, 11) is 0. The lowest BCUT2D eigenvalue weighted by Crippen LogP contribution is -2.46. The molecule has 1 fully saturated rings. The molecule has 2 aliphatic rings. The van der Waals surface area contributed by atoms with E-state index in [1.807, 2.05) is 19.2 Å². The summed E-state index contributed by atoms with van der Waals surface area (Å²) in [5.74, 6) is 0. The predicted octanol–water partition coefficient (Wildman–Crippen LogP) is 0.226. The summed E-state index contributed by atoms with van der Waals surface area (Å²) in [6, 6.07) is 0.445. The molecule has 0 spiro atoms. The molecule has 0 aromatic rings. The van der Waals surface area contributed by atoms with Crippen LogP contribution in [0.15, 0.2) is 16.8 Å². The Balaban J connectivity index is 1.82. The van der Waals surface area contributed by atoms with Gasteiger partial charge in [0, 0.05) is 24.6 Å². The van der Waals surface area contributed by atoms with E-state index in [2.05, 4.69) is 15.6 Å². The van der Waals surface area contributed by atoms with Crippen LogP contribution in [-0.2, 0) is 4.74 Å². The molecule has 0 aromatic carbocycles. The summed E-state index contributed by atoms with van der Waals surface area (Å²) in [4.78, 5) is 4.26. The number of allylic oxidation sites excluding steroid dienone is 2. The van der Waals surface area contributed by atoms with Crippen molar-refractivity contribution >= 4 is 6.21 Å². The van der Waals surface area contributed by atoms with Crippen LogP contribution in [0.4, 0.5) is 0 Å². The van der Waals surface area contributed by atoms with Gasteiger partial charge in [0.2, 0.25) is 0 Å². The number of rotatable bonds is 2. The molecule has 0 aromatic heterocycles. The number of hydrogen-bond donors (Lipinski definition) is 2. The molecular formula is C9H15N3O. The lowest BCUT2D eigenvalue weighted by atomic mass is 10.2. The van der Waals surface area contributed by atoms with Crippen molar-refractivity contribution in [3.63, 3.8) is 0 Å². The highest BCUT2D eigenvalue weighted by Gasteiger charge is 2.19. The Labute approximate surface area is 78.1 Å². The fourth-order valence-corrected chi connectivity index (χ4v) is 1.52. The Morgan fingerprint density at radius 3 is 3.31 bits per heavy atom. The first-order valence-corrected chi connectivity index (χ1v) is 4.65. The number of hydrogen-bond acceptors (Lipinski definition) is 4. The van der Waals surface area contributed by atoms with Crippen molar-refractivity contribution in [2.24, 2.45) is 4.99 Å². The maximum Gasteiger partial charge on any atom is 0.173 e. The number of nitrogens with zero attached hydrogens (tertiary/aromatic N) is 1. The maximum absolute atomic E-state index is 5.27. The van der Waals surface area contributed by atoms with Crippen LogP contribution in [0.25, 0.3) is 0 Å². The minimum Gasteiger partial charge on any atom is -0.380 e. The van der Waals surface area contributed by atoms with Crippen molar-refractivity contribution < 1.29 is 4.74 Å². The van der Waals surface area contributed by atoms with Crippen LogP contribution < -0.4 is 10.6 Å². The van der Waals surface area contributed by atoms with Gasteiger partial charge < -0.3 is 10.1 Å². The van der Waals surface area contributed by atoms with E-state index in [1.54, 1.807) is 0 Å². The highest BCUT2D eigenvalue weighted by Crippen LogP contribution is 2.05. The summed E-state index contributed by atoms with van der Waals surface area (Å²) in [5.41, 5.74) is 1.14. The highest BCUT2D eigenvalue weighted by atomic mass is 16.5. The van der Waals surface area contributed by atoms with E-state index in [9.17, 15) is 0 Å². The summed E-state index contributed by atoms with van der Waals surface area (Å²) < 4.78 is 5.27. The Bertz CT molecular complexity index is 231. The normalized spacial score (nSPS) is 32.8. The molecule has 2 N–H and O–H groups in total. The smallest absolute Gasteiger partial charge is 0.173 e. The first-order chi connectivity index (χ1) is 6.34. The van der Waals surface area contributed by atoms with Crippen LogP contribution in [-0.4, -0.2) is 31.8 Å². The Kier molecular flexibility index (Phi) is 2.61. The maximum atomic E-state index is 5.27. The zero-order valence-corrected chi connectivity index (χ0v) is 7.79. The molecule has 2 aliphatic heterocycles. The van der Waals surface area contributed by atoms with E-state index in [-0.39, 0.29) is 6.29 Å². The summed E-state index contributed by atoms with van der Waals surface area (Å²) in [6.07, 6.45) is 4.90. The molecule has 13 heavy (non-hydrogen) atoms. The van der Waals surface area contributed by atoms with E-state index in [4.69, 9.17) is 4.74 Å². The lowest BCUT2D eigenvalue weighted by Gasteiger charge is -2.22. The highest BCUT2D eigenvalue weighted by molar-refractivity contribution is 5.72. The van der Waals surface area contributed by atoms with E-state index >= 15 is 0 Å². The molecule has 2 rings (SSSR count). The first kappa shape index (κ1) is 8.72. The van der Waals surface area contributed by atoms with Crippen LogP contribution in [0.2, 0.25) is 0 Å². The third-order valence-corrected chi connectivity index (χ3v) is 2.25. The molecule has 2 atom stereocenters. The predicted molar refractivity (Wildman–Crippen MR) is 51.5 cm³/mol. The van der Waals surface area contributed by atoms with Gasteiger partial charge in [-0.3, -0.25) is 10.3 Å². The fraction of sp³-hybridized carbons (Fsp3) is 0.667. The van der Waals surface area contributed by atoms with Gasteiger partial charge in [0.05, 0.1) is 6.61 Å². The number of ether oxygens (including phenoxy) is 1. The second kappa shape index (κ2) is 3.89. The summed E-state index contributed by atoms with van der Waals surface area (Å²) in [6.45, 7) is 3.70. The van der Waals surface area contributed by atoms with E-state index in [0.29, 0.717) is 6.04 Å². The largest absolute Gasteiger partial charge is 0.380 e. The third kappa shape index (κ3) is 2.29. The molecule has 4 heteroatoms. The molecule has 1 unspecified atom stereocenters. The molecule has 0 bridgehead atoms. The van der Waals surface area contributed by atoms with Crippen molar-refractivity contribution in [1.29, 1.82) is 0 Å². The van der Waals surface area contributed by atoms with Crippen LogP contribution in [0.5, 0.6) is 0 Å². The SMILES string of the molecule is CC1=CC=NC(N[C@@H]2CCOC2)N1. The van der Waals surface area contributed by atoms with Crippen molar-refractivity contribution in [3.05, 3.63) is 11.8 Å². The van der Waals surface area contributed by atoms with Gasteiger partial charge in [0.15, 0.2) is 6.29 Å². The molecule has 4 nitrogen and oxygen atoms in total. The van der Waals surface area contributed by atoms with E-state index < -0.39 is 0 Å². The molecule has 1 saturated heterocycles. The average Bonchev–Trinajstić information content (AvgIpc) is 2.57. The van der Waals surface area contributed by atoms with Gasteiger partial charge in [0.25, 0.3) is 0 Å². The van der Waals surface area contributed by atoms with Gasteiger partial charge in [-0.05, 0) is 19.4 Å². The molecule has 72 valence electrons. The fourth-order valence-electron chi connectivity index (χ4n) is 1.52. The van der Waals surface area contributed by atoms with Gasteiger partial charge in [-0.25, -0.2) is 0 Å². The van der Waals surface area contributed by atoms with Crippen molar-refractivity contribution in [3.8, 4) is 0 Å². The molecule has 0 radical (unpaired) electrons. The Morgan fingerprint density at radius 1 is 1.69 bits per heavy atom. The van der Waals surface area contributed by atoms with Gasteiger partial charge in [-0.1, -0.05) is 0 Å². The Hall–Kier alpha value is -0.870. The summed E-state index contributed by atoms with van der Waals surface area (Å²) >= 11 is 0. The number of nitrogens with one attached hydrogen (secondary N) is 2. The van der Waals surface area contributed by atoms with Gasteiger partial charge >= 0.3 is 0 Å². The Morgan fingerprint density at radius 2 is 2.62 bits per heavy atom. The molecule has 0 saturated carbocycles. The molecular weight excluding hydrogens is 166 g/mol. The summed E-state index contributed by atoms with van der Waals surface area (Å²) in [5, 5.41) is 6.61. The van der Waals surface area contributed by atoms with Gasteiger partial charge in [0.1, 0.15) is 0 Å². The van der Waals surface area contributed by atoms with Crippen LogP contribution in [0, 0.1) is 0 Å². The van der Waals surface area contributed by atoms with Crippen molar-refractivity contribution in [1.82, 2.24) is 10.6 Å². The topological polar surface area (TPSA) is 45.7 Å². The minimum atomic E-state index is 0.0247. The zero-order chi connectivity index (χ0) is 9.10. The molecule has 0 amide bonds. The number of aliphatic imine (C=N–C) groups is 1. The van der Waals surface area contributed by atoms with Crippen LogP contribution in [0.1, 0.15) is 13.3 Å². The van der Waals surface area contributed by atoms with E-state index in [0.717, 1.165) is 25.3 Å². The van der Waals surface area contributed by atoms with Crippen molar-refractivity contribution in [2.75, 3.05) is 13.2 Å². The monoisotopic (exact) mass is 181 g/mol. The average molecular weight is 181 g/mol. The molecule has 0 aliphatic carbocycles. The molecule has 2 heterocycles. The second-order valence-electron chi connectivity index (χ2n) is 3.42. The minimum absolute atomic E-state index is 0.0247. The van der Waals surface area contributed by atoms with Crippen LogP contribution in [0.3, 0.4) is 0 Å². The van der Waals surface area contributed by atoms with Gasteiger partial charge in [-0.15, -0.1) is 0 Å². The van der Waals surface area contributed by atoms with Gasteiger partial charge in [-0.2, -0.15) is 0 Å². The van der Waals surface area contributed by atoms with Crippen LogP contribution >= 0.6 is 0 Å². The third-order valence-electron chi connectivity index (χ3n) is 2.25. The van der Waals surface area contributed by atoms with Crippen molar-refractivity contribution in [2.45, 2.75) is 25.7 Å². The second-order valence-corrected chi connectivity index (χ2v) is 3.42.